The molecule has 4 fully saturated rings. The summed E-state index contributed by atoms with van der Waals surface area (Å²) in [7, 11) is 0. The van der Waals surface area contributed by atoms with Crippen LogP contribution in [0.5, 0.6) is 11.5 Å². The van der Waals surface area contributed by atoms with E-state index in [4.69, 9.17) is 37.9 Å². The van der Waals surface area contributed by atoms with Gasteiger partial charge in [-0.15, -0.1) is 0 Å². The number of anilines is 1. The Bertz CT molecular complexity index is 2570. The maximum absolute atomic E-state index is 13.7. The molecule has 4 aliphatic carbocycles. The smallest absolute Gasteiger partial charge is 0.330 e. The number of nitrogens with zero attached hydrogens (tertiary/aromatic N) is 2. The van der Waals surface area contributed by atoms with Crippen molar-refractivity contribution in [3.05, 3.63) is 73.3 Å². The lowest BCUT2D eigenvalue weighted by atomic mass is 9.82. The zero-order valence-electron chi connectivity index (χ0n) is 44.1. The summed E-state index contributed by atoms with van der Waals surface area (Å²) in [5, 5.41) is 4.94. The van der Waals surface area contributed by atoms with Crippen molar-refractivity contribution in [3.63, 3.8) is 0 Å². The van der Waals surface area contributed by atoms with Gasteiger partial charge in [0.15, 0.2) is 0 Å². The molecule has 1 N–H and O–H groups in total. The van der Waals surface area contributed by atoms with Gasteiger partial charge in [-0.2, -0.15) is 5.10 Å². The van der Waals surface area contributed by atoms with E-state index >= 15 is 0 Å². The zero-order valence-corrected chi connectivity index (χ0v) is 44.9. The molecule has 19 nitrogen and oxygen atoms in total. The number of carbonyl (C=O) groups is 8. The third kappa shape index (κ3) is 18.1. The first-order valence-electron chi connectivity index (χ1n) is 27.4. The fourth-order valence-corrected chi connectivity index (χ4v) is 11.0. The van der Waals surface area contributed by atoms with Crippen LogP contribution in [-0.4, -0.2) is 97.6 Å². The molecule has 0 unspecified atom stereocenters. The number of hydrogen-bond acceptors (Lipinski definition) is 20. The van der Waals surface area contributed by atoms with Crippen molar-refractivity contribution in [1.82, 2.24) is 4.98 Å². The maximum Gasteiger partial charge on any atom is 0.330 e. The molecule has 4 aliphatic rings. The Balaban J connectivity index is 0.841. The number of para-hydroxylation sites is 1. The van der Waals surface area contributed by atoms with Crippen LogP contribution in [0.4, 0.5) is 5.13 Å². The minimum Gasteiger partial charge on any atom is -0.465 e. The number of aromatic nitrogens is 1. The first kappa shape index (κ1) is 58.7. The molecule has 1 heterocycles. The van der Waals surface area contributed by atoms with E-state index in [1.807, 2.05) is 24.3 Å². The lowest BCUT2D eigenvalue weighted by molar-refractivity contribution is -0.161. The molecule has 7 rings (SSSR count). The molecule has 0 atom stereocenters. The number of hydrogen-bond donors (Lipinski definition) is 1. The van der Waals surface area contributed by atoms with E-state index in [0.717, 1.165) is 22.4 Å². The molecule has 1 aromatic heterocycles. The van der Waals surface area contributed by atoms with Crippen molar-refractivity contribution in [1.29, 1.82) is 0 Å². The van der Waals surface area contributed by atoms with Gasteiger partial charge in [0.05, 0.1) is 78.4 Å². The summed E-state index contributed by atoms with van der Waals surface area (Å²) in [6.07, 6.45) is 13.4. The number of thiazole rings is 1. The average Bonchev–Trinajstić information content (AvgIpc) is 3.90. The normalized spacial score (nSPS) is 23.2. The number of esters is 8. The molecule has 3 aromatic rings. The molecule has 0 saturated heterocycles. The van der Waals surface area contributed by atoms with Crippen LogP contribution in [0.3, 0.4) is 0 Å². The molecule has 0 aliphatic heterocycles. The van der Waals surface area contributed by atoms with Crippen molar-refractivity contribution >= 4 is 80.7 Å². The van der Waals surface area contributed by atoms with Crippen LogP contribution < -0.4 is 14.9 Å². The number of nitrogens with one attached hydrogen (secondary N) is 1. The highest BCUT2D eigenvalue weighted by Crippen LogP contribution is 2.37. The topological polar surface area (TPSA) is 248 Å². The van der Waals surface area contributed by atoms with Crippen LogP contribution >= 0.6 is 11.3 Å². The standard InChI is InChI=1S/C58H71N3O16S/c1-3-50(62)70-31-7-9-33-72-52(64)37-21-25-44(26-22-37)74-54(66)39-13-15-41(16-14-39)56(68)76-46-29-30-48(43(35-46)36-59-61-58-60-47-11-5-6-12-49(47)78-58)77-57(69)42-19-17-40(18-20-42)55(67)75-45-27-23-38(24-28-45)53(65)73-34-10-8-32-71-51(63)4-2/h3-6,11-12,29-30,35-42,44-45H,1-2,7-10,13-28,31-34H2,(H,60,61)/b59-36+. The molecular weight excluding hydrogens is 1030 g/mol. The van der Waals surface area contributed by atoms with Gasteiger partial charge in [-0.25, -0.2) is 14.6 Å². The van der Waals surface area contributed by atoms with Gasteiger partial charge in [-0.1, -0.05) is 36.6 Å². The van der Waals surface area contributed by atoms with Crippen molar-refractivity contribution in [2.24, 2.45) is 40.6 Å². The molecule has 78 heavy (non-hydrogen) atoms. The van der Waals surface area contributed by atoms with Crippen LogP contribution in [0.1, 0.15) is 134 Å². The molecule has 0 bridgehead atoms. The van der Waals surface area contributed by atoms with Crippen LogP contribution in [0, 0.1) is 35.5 Å². The van der Waals surface area contributed by atoms with Gasteiger partial charge >= 0.3 is 47.8 Å². The van der Waals surface area contributed by atoms with Crippen LogP contribution in [0.2, 0.25) is 0 Å². The Morgan fingerprint density at radius 1 is 0.526 bits per heavy atom. The lowest BCUT2D eigenvalue weighted by Crippen LogP contribution is -2.33. The van der Waals surface area contributed by atoms with Crippen molar-refractivity contribution in [3.8, 4) is 11.5 Å². The van der Waals surface area contributed by atoms with Gasteiger partial charge < -0.3 is 37.9 Å². The maximum atomic E-state index is 13.7. The van der Waals surface area contributed by atoms with E-state index in [2.05, 4.69) is 28.7 Å². The molecule has 2 aromatic carbocycles. The number of hydrazone groups is 1. The second-order valence-corrected chi connectivity index (χ2v) is 21.3. The Labute approximate surface area is 458 Å². The summed E-state index contributed by atoms with van der Waals surface area (Å²) in [4.78, 5) is 106. The highest BCUT2D eigenvalue weighted by atomic mass is 32.1. The molecule has 4 saturated carbocycles. The van der Waals surface area contributed by atoms with E-state index in [0.29, 0.717) is 139 Å². The first-order chi connectivity index (χ1) is 37.8. The largest absolute Gasteiger partial charge is 0.465 e. The third-order valence-electron chi connectivity index (χ3n) is 14.8. The third-order valence-corrected chi connectivity index (χ3v) is 15.8. The van der Waals surface area contributed by atoms with E-state index in [1.54, 1.807) is 18.2 Å². The molecule has 0 radical (unpaired) electrons. The van der Waals surface area contributed by atoms with E-state index < -0.39 is 35.7 Å². The lowest BCUT2D eigenvalue weighted by Gasteiger charge is -2.30. The fraction of sp³-hybridized carbons (Fsp3) is 0.552. The van der Waals surface area contributed by atoms with Gasteiger partial charge in [0, 0.05) is 17.7 Å². The van der Waals surface area contributed by atoms with Crippen LogP contribution in [0.25, 0.3) is 10.2 Å². The Kier molecular flexibility index (Phi) is 22.8. The summed E-state index contributed by atoms with van der Waals surface area (Å²) in [5.41, 5.74) is 4.13. The minimum atomic E-state index is -0.488. The summed E-state index contributed by atoms with van der Waals surface area (Å²) in [6.45, 7) is 7.65. The van der Waals surface area contributed by atoms with Gasteiger partial charge in [-0.3, -0.25) is 34.2 Å². The minimum absolute atomic E-state index is 0.201. The molecule has 0 amide bonds. The van der Waals surface area contributed by atoms with E-state index in [1.165, 1.54) is 17.6 Å². The van der Waals surface area contributed by atoms with Gasteiger partial charge in [0.2, 0.25) is 5.13 Å². The monoisotopic (exact) mass is 1100 g/mol. The van der Waals surface area contributed by atoms with Crippen LogP contribution in [0.15, 0.2) is 72.9 Å². The summed E-state index contributed by atoms with van der Waals surface area (Å²) in [5.74, 6) is -4.73. The second kappa shape index (κ2) is 30.3. The highest BCUT2D eigenvalue weighted by Gasteiger charge is 2.37. The molecule has 0 spiro atoms. The summed E-state index contributed by atoms with van der Waals surface area (Å²) in [6, 6.07) is 12.4. The van der Waals surface area contributed by atoms with Crippen molar-refractivity contribution in [2.45, 2.75) is 141 Å². The van der Waals surface area contributed by atoms with E-state index in [9.17, 15) is 38.4 Å². The fourth-order valence-electron chi connectivity index (χ4n) is 10.2. The predicted octanol–water partition coefficient (Wildman–Crippen LogP) is 9.48. The summed E-state index contributed by atoms with van der Waals surface area (Å²) < 4.78 is 45.3. The second-order valence-electron chi connectivity index (χ2n) is 20.3. The number of carbonyl (C=O) groups excluding carboxylic acids is 8. The SMILES string of the molecule is C=CC(=O)OCCCCOC(=O)C1CCC(OC(=O)C2CCC(C(=O)Oc3ccc(OC(=O)C4CCC(C(=O)OC5CCC(C(=O)OCCCCOC(=O)C=C)CC5)CC4)c(/C=N/Nc4nc5ccccc5s4)c3)CC2)CC1. The van der Waals surface area contributed by atoms with Gasteiger partial charge in [-0.05, 0) is 159 Å². The van der Waals surface area contributed by atoms with Gasteiger partial charge in [0.1, 0.15) is 23.7 Å². The Hall–Kier alpha value is -6.96. The number of benzene rings is 2. The number of fused-ring (bicyclic) bond motifs is 1. The first-order valence-corrected chi connectivity index (χ1v) is 28.2. The quantitative estimate of drug-likeness (QED) is 0.0158. The van der Waals surface area contributed by atoms with Gasteiger partial charge in [0.25, 0.3) is 0 Å². The van der Waals surface area contributed by atoms with E-state index in [-0.39, 0.29) is 97.7 Å². The summed E-state index contributed by atoms with van der Waals surface area (Å²) >= 11 is 1.42. The molecule has 20 heteroatoms. The predicted molar refractivity (Wildman–Crippen MR) is 286 cm³/mol. The number of unbranched alkanes of at least 4 members (excludes halogenated alkanes) is 2. The number of rotatable bonds is 25. The van der Waals surface area contributed by atoms with Crippen molar-refractivity contribution in [2.75, 3.05) is 31.9 Å². The van der Waals surface area contributed by atoms with Crippen molar-refractivity contribution < 1.29 is 76.3 Å². The van der Waals surface area contributed by atoms with Crippen LogP contribution in [-0.2, 0) is 66.8 Å². The Morgan fingerprint density at radius 3 is 1.42 bits per heavy atom. The molecule has 420 valence electrons. The Morgan fingerprint density at radius 2 is 0.949 bits per heavy atom. The number of ether oxygens (including phenoxy) is 8. The molecular formula is C58H71N3O16S. The average molecular weight is 1100 g/mol. The highest BCUT2D eigenvalue weighted by molar-refractivity contribution is 7.22. The zero-order chi connectivity index (χ0) is 55.2.